The predicted octanol–water partition coefficient (Wildman–Crippen LogP) is 6.08. The fraction of sp³-hybridized carbons (Fsp3) is 0.182. The van der Waals surface area contributed by atoms with E-state index in [1.54, 1.807) is 11.3 Å². The molecule has 1 heterocycles. The molecule has 0 aliphatic heterocycles. The van der Waals surface area contributed by atoms with E-state index in [2.05, 4.69) is 54.6 Å². The van der Waals surface area contributed by atoms with Gasteiger partial charge in [0.25, 0.3) is 0 Å². The van der Waals surface area contributed by atoms with E-state index < -0.39 is 0 Å². The summed E-state index contributed by atoms with van der Waals surface area (Å²) < 4.78 is 0. The van der Waals surface area contributed by atoms with E-state index in [1.165, 1.54) is 56.9 Å². The molecule has 1 aliphatic carbocycles. The molecule has 0 amide bonds. The minimum absolute atomic E-state index is 0.893. The van der Waals surface area contributed by atoms with Gasteiger partial charge in [-0.3, -0.25) is 0 Å². The molecule has 0 bridgehead atoms. The SMILES string of the molecule is C(=Nc1nc2c(s1)CCCC2)c1c2ccccc2cc2ccccc12. The first kappa shape index (κ1) is 14.8. The molecule has 122 valence electrons. The maximum absolute atomic E-state index is 4.76. The third-order valence-corrected chi connectivity index (χ3v) is 6.02. The van der Waals surface area contributed by atoms with Crippen molar-refractivity contribution in [3.8, 4) is 0 Å². The van der Waals surface area contributed by atoms with Crippen LogP contribution >= 0.6 is 11.3 Å². The Morgan fingerprint density at radius 3 is 2.28 bits per heavy atom. The van der Waals surface area contributed by atoms with Gasteiger partial charge in [0.2, 0.25) is 5.13 Å². The molecule has 0 N–H and O–H groups in total. The van der Waals surface area contributed by atoms with E-state index in [9.17, 15) is 0 Å². The van der Waals surface area contributed by atoms with E-state index in [4.69, 9.17) is 9.98 Å². The Morgan fingerprint density at radius 1 is 0.880 bits per heavy atom. The molecule has 5 rings (SSSR count). The fourth-order valence-electron chi connectivity index (χ4n) is 3.70. The zero-order chi connectivity index (χ0) is 16.6. The van der Waals surface area contributed by atoms with Gasteiger partial charge in [0.15, 0.2) is 0 Å². The summed E-state index contributed by atoms with van der Waals surface area (Å²) in [5.74, 6) is 0. The van der Waals surface area contributed by atoms with Crippen LogP contribution in [0.2, 0.25) is 0 Å². The fourth-order valence-corrected chi connectivity index (χ4v) is 4.69. The average molecular weight is 342 g/mol. The van der Waals surface area contributed by atoms with E-state index in [-0.39, 0.29) is 0 Å². The van der Waals surface area contributed by atoms with Crippen LogP contribution in [0.15, 0.2) is 59.6 Å². The molecule has 1 aliphatic rings. The second-order valence-corrected chi connectivity index (χ2v) is 7.63. The van der Waals surface area contributed by atoms with Crippen molar-refractivity contribution in [2.24, 2.45) is 4.99 Å². The summed E-state index contributed by atoms with van der Waals surface area (Å²) in [6.45, 7) is 0. The molecule has 25 heavy (non-hydrogen) atoms. The topological polar surface area (TPSA) is 25.2 Å². The smallest absolute Gasteiger partial charge is 0.209 e. The highest BCUT2D eigenvalue weighted by Gasteiger charge is 2.14. The van der Waals surface area contributed by atoms with E-state index in [0.717, 1.165) is 11.6 Å². The van der Waals surface area contributed by atoms with Crippen molar-refractivity contribution in [2.45, 2.75) is 25.7 Å². The first-order chi connectivity index (χ1) is 12.4. The lowest BCUT2D eigenvalue weighted by Gasteiger charge is -2.07. The van der Waals surface area contributed by atoms with Crippen LogP contribution in [-0.2, 0) is 12.8 Å². The van der Waals surface area contributed by atoms with E-state index in [1.807, 2.05) is 6.21 Å². The number of hydrogen-bond acceptors (Lipinski definition) is 3. The van der Waals surface area contributed by atoms with Crippen molar-refractivity contribution in [3.05, 3.63) is 70.7 Å². The van der Waals surface area contributed by atoms with Crippen molar-refractivity contribution >= 4 is 44.2 Å². The van der Waals surface area contributed by atoms with Gasteiger partial charge in [0.1, 0.15) is 0 Å². The summed E-state index contributed by atoms with van der Waals surface area (Å²) in [7, 11) is 0. The van der Waals surface area contributed by atoms with Crippen molar-refractivity contribution in [2.75, 3.05) is 0 Å². The zero-order valence-electron chi connectivity index (χ0n) is 13.9. The van der Waals surface area contributed by atoms with Crippen LogP contribution in [0.4, 0.5) is 5.13 Å². The molecule has 0 spiro atoms. The number of nitrogens with zero attached hydrogens (tertiary/aromatic N) is 2. The first-order valence-corrected chi connectivity index (χ1v) is 9.63. The molecular weight excluding hydrogens is 324 g/mol. The summed E-state index contributed by atoms with van der Waals surface area (Å²) in [5, 5.41) is 5.88. The number of aromatic nitrogens is 1. The van der Waals surface area contributed by atoms with Crippen molar-refractivity contribution in [1.82, 2.24) is 4.98 Å². The summed E-state index contributed by atoms with van der Waals surface area (Å²) in [4.78, 5) is 10.9. The number of aliphatic imine (C=N–C) groups is 1. The second-order valence-electron chi connectivity index (χ2n) is 6.56. The van der Waals surface area contributed by atoms with Crippen LogP contribution in [0.3, 0.4) is 0 Å². The third-order valence-electron chi connectivity index (χ3n) is 4.95. The molecule has 0 fully saturated rings. The van der Waals surface area contributed by atoms with Gasteiger partial charge in [-0.25, -0.2) is 9.98 Å². The Labute approximate surface area is 150 Å². The lowest BCUT2D eigenvalue weighted by atomic mass is 9.97. The monoisotopic (exact) mass is 342 g/mol. The average Bonchev–Trinajstić information content (AvgIpc) is 3.08. The van der Waals surface area contributed by atoms with Crippen LogP contribution in [0, 0.1) is 0 Å². The van der Waals surface area contributed by atoms with Crippen LogP contribution in [0.5, 0.6) is 0 Å². The molecule has 3 heteroatoms. The lowest BCUT2D eigenvalue weighted by Crippen LogP contribution is -1.98. The molecule has 0 radical (unpaired) electrons. The number of hydrogen-bond donors (Lipinski definition) is 0. The largest absolute Gasteiger partial charge is 0.227 e. The summed E-state index contributed by atoms with van der Waals surface area (Å²) in [6.07, 6.45) is 6.83. The van der Waals surface area contributed by atoms with Gasteiger partial charge in [0.05, 0.1) is 5.69 Å². The highest BCUT2D eigenvalue weighted by Crippen LogP contribution is 2.32. The molecule has 0 saturated heterocycles. The second kappa shape index (κ2) is 6.08. The van der Waals surface area contributed by atoms with Gasteiger partial charge in [-0.15, -0.1) is 0 Å². The summed E-state index contributed by atoms with van der Waals surface area (Å²) >= 11 is 1.76. The van der Waals surface area contributed by atoms with Crippen LogP contribution < -0.4 is 0 Å². The predicted molar refractivity (Wildman–Crippen MR) is 107 cm³/mol. The molecule has 0 unspecified atom stereocenters. The van der Waals surface area contributed by atoms with Crippen molar-refractivity contribution < 1.29 is 0 Å². The Morgan fingerprint density at radius 2 is 1.56 bits per heavy atom. The highest BCUT2D eigenvalue weighted by atomic mass is 32.1. The molecule has 2 nitrogen and oxygen atoms in total. The van der Waals surface area contributed by atoms with Crippen molar-refractivity contribution in [1.29, 1.82) is 0 Å². The van der Waals surface area contributed by atoms with Crippen LogP contribution in [0.25, 0.3) is 21.5 Å². The Balaban J connectivity index is 1.66. The Kier molecular flexibility index (Phi) is 3.60. The molecule has 0 atom stereocenters. The quantitative estimate of drug-likeness (QED) is 0.320. The normalized spacial score (nSPS) is 14.4. The van der Waals surface area contributed by atoms with Gasteiger partial charge >= 0.3 is 0 Å². The Bertz CT molecular complexity index is 1030. The van der Waals surface area contributed by atoms with E-state index >= 15 is 0 Å². The maximum Gasteiger partial charge on any atom is 0.209 e. The molecule has 3 aromatic carbocycles. The van der Waals surface area contributed by atoms with Gasteiger partial charge in [-0.05, 0) is 53.3 Å². The highest BCUT2D eigenvalue weighted by molar-refractivity contribution is 7.15. The molecule has 0 saturated carbocycles. The molecule has 4 aromatic rings. The maximum atomic E-state index is 4.76. The Hall–Kier alpha value is -2.52. The van der Waals surface area contributed by atoms with Gasteiger partial charge in [-0.2, -0.15) is 0 Å². The third kappa shape index (κ3) is 2.65. The summed E-state index contributed by atoms with van der Waals surface area (Å²) in [6, 6.07) is 19.3. The number of aryl methyl sites for hydroxylation is 2. The number of rotatable bonds is 2. The number of thiazole rings is 1. The number of fused-ring (bicyclic) bond motifs is 3. The van der Waals surface area contributed by atoms with Crippen LogP contribution in [0.1, 0.15) is 29.0 Å². The standard InChI is InChI=1S/C22H18N2S/c1-3-9-17-15(7-1)13-16-8-2-4-10-18(16)19(17)14-23-22-24-20-11-5-6-12-21(20)25-22/h1-4,7-10,13-14H,5-6,11-12H2. The van der Waals surface area contributed by atoms with Gasteiger partial charge in [-0.1, -0.05) is 59.9 Å². The van der Waals surface area contributed by atoms with Gasteiger partial charge in [0, 0.05) is 16.7 Å². The minimum atomic E-state index is 0.893. The zero-order valence-corrected chi connectivity index (χ0v) is 14.7. The number of benzene rings is 3. The lowest BCUT2D eigenvalue weighted by molar-refractivity contribution is 0.682. The minimum Gasteiger partial charge on any atom is -0.227 e. The molecular formula is C22H18N2S. The van der Waals surface area contributed by atoms with E-state index in [0.29, 0.717) is 0 Å². The molecule has 1 aromatic heterocycles. The first-order valence-electron chi connectivity index (χ1n) is 8.82. The van der Waals surface area contributed by atoms with Crippen LogP contribution in [-0.4, -0.2) is 11.2 Å². The van der Waals surface area contributed by atoms with Gasteiger partial charge < -0.3 is 0 Å². The van der Waals surface area contributed by atoms with Crippen molar-refractivity contribution in [3.63, 3.8) is 0 Å². The summed E-state index contributed by atoms with van der Waals surface area (Å²) in [5.41, 5.74) is 2.45.